The van der Waals surface area contributed by atoms with Gasteiger partial charge < -0.3 is 4.74 Å². The number of nitrogens with zero attached hydrogens (tertiary/aromatic N) is 1. The minimum Gasteiger partial charge on any atom is -0.419 e. The van der Waals surface area contributed by atoms with Crippen LogP contribution in [0.2, 0.25) is 0 Å². The monoisotopic (exact) mass is 271 g/mol. The van der Waals surface area contributed by atoms with E-state index < -0.39 is 16.6 Å². The van der Waals surface area contributed by atoms with Crippen molar-refractivity contribution in [3.05, 3.63) is 33.9 Å². The first-order chi connectivity index (χ1) is 8.58. The van der Waals surface area contributed by atoms with E-state index in [1.807, 2.05) is 0 Å². The van der Waals surface area contributed by atoms with Gasteiger partial charge in [-0.25, -0.2) is 0 Å². The summed E-state index contributed by atoms with van der Waals surface area (Å²) < 4.78 is 4.85. The second kappa shape index (κ2) is 6.70. The molecule has 0 fully saturated rings. The van der Waals surface area contributed by atoms with Crippen LogP contribution in [0.5, 0.6) is 5.75 Å². The number of esters is 1. The number of halogens is 1. The summed E-state index contributed by atoms with van der Waals surface area (Å²) in [5, 5.41) is 10.8. The maximum atomic E-state index is 11.3. The third kappa shape index (κ3) is 3.81. The van der Waals surface area contributed by atoms with Gasteiger partial charge in [-0.3, -0.25) is 19.7 Å². The van der Waals surface area contributed by atoms with Gasteiger partial charge in [-0.1, -0.05) is 0 Å². The first-order valence-electron chi connectivity index (χ1n) is 5.08. The van der Waals surface area contributed by atoms with Crippen molar-refractivity contribution in [3.63, 3.8) is 0 Å². The molecule has 0 radical (unpaired) electrons. The number of carbonyl (C=O) groups excluding carboxylic acids is 2. The van der Waals surface area contributed by atoms with Gasteiger partial charge in [-0.05, 0) is 18.6 Å². The molecule has 18 heavy (non-hydrogen) atoms. The van der Waals surface area contributed by atoms with Gasteiger partial charge in [0.2, 0.25) is 5.75 Å². The number of rotatable bonds is 6. The molecule has 96 valence electrons. The lowest BCUT2D eigenvalue weighted by Crippen LogP contribution is -2.09. The first-order valence-corrected chi connectivity index (χ1v) is 5.62. The Kier molecular flexibility index (Phi) is 5.26. The normalized spacial score (nSPS) is 9.83. The van der Waals surface area contributed by atoms with Crippen LogP contribution in [0.25, 0.3) is 0 Å². The highest BCUT2D eigenvalue weighted by Crippen LogP contribution is 2.27. The molecule has 0 saturated heterocycles. The van der Waals surface area contributed by atoms with Gasteiger partial charge in [0.05, 0.1) is 4.92 Å². The lowest BCUT2D eigenvalue weighted by molar-refractivity contribution is -0.385. The minimum atomic E-state index is -0.711. The molecule has 0 spiro atoms. The van der Waals surface area contributed by atoms with E-state index in [9.17, 15) is 19.7 Å². The molecule has 0 saturated carbocycles. The molecular weight excluding hydrogens is 262 g/mol. The van der Waals surface area contributed by atoms with Gasteiger partial charge in [-0.15, -0.1) is 11.6 Å². The maximum Gasteiger partial charge on any atom is 0.312 e. The molecule has 0 aliphatic rings. The van der Waals surface area contributed by atoms with E-state index in [1.165, 1.54) is 12.1 Å². The van der Waals surface area contributed by atoms with Crippen LogP contribution >= 0.6 is 11.6 Å². The van der Waals surface area contributed by atoms with Gasteiger partial charge in [-0.2, -0.15) is 0 Å². The number of benzene rings is 1. The van der Waals surface area contributed by atoms with Gasteiger partial charge in [0.1, 0.15) is 6.29 Å². The average Bonchev–Trinajstić information content (AvgIpc) is 2.36. The number of hydrogen-bond donors (Lipinski definition) is 0. The van der Waals surface area contributed by atoms with E-state index >= 15 is 0 Å². The fourth-order valence-electron chi connectivity index (χ4n) is 1.22. The molecular formula is C11H10ClNO5. The smallest absolute Gasteiger partial charge is 0.312 e. The summed E-state index contributed by atoms with van der Waals surface area (Å²) in [6.45, 7) is 0. The van der Waals surface area contributed by atoms with E-state index in [-0.39, 0.29) is 17.7 Å². The summed E-state index contributed by atoms with van der Waals surface area (Å²) >= 11 is 5.42. The molecule has 0 heterocycles. The topological polar surface area (TPSA) is 86.5 Å². The molecule has 7 heteroatoms. The molecule has 0 aromatic heterocycles. The zero-order valence-corrected chi connectivity index (χ0v) is 10.1. The molecule has 0 N–H and O–H groups in total. The van der Waals surface area contributed by atoms with Gasteiger partial charge in [0.25, 0.3) is 0 Å². The maximum absolute atomic E-state index is 11.3. The molecule has 0 aliphatic heterocycles. The standard InChI is InChI=1S/C11H10ClNO5/c12-5-1-2-11(15)18-10-4-3-8(7-14)6-9(10)13(16)17/h3-4,6-7H,1-2,5H2. The van der Waals surface area contributed by atoms with Gasteiger partial charge >= 0.3 is 11.7 Å². The van der Waals surface area contributed by atoms with Crippen molar-refractivity contribution in [1.29, 1.82) is 0 Å². The van der Waals surface area contributed by atoms with E-state index in [0.29, 0.717) is 18.6 Å². The molecule has 0 aliphatic carbocycles. The quantitative estimate of drug-likeness (QED) is 0.198. The number of hydrogen-bond acceptors (Lipinski definition) is 5. The first kappa shape index (κ1) is 14.1. The van der Waals surface area contributed by atoms with Crippen molar-refractivity contribution in [3.8, 4) is 5.75 Å². The van der Waals surface area contributed by atoms with Crippen molar-refractivity contribution < 1.29 is 19.2 Å². The third-order valence-electron chi connectivity index (χ3n) is 2.05. The van der Waals surface area contributed by atoms with Crippen LogP contribution in [0.3, 0.4) is 0 Å². The van der Waals surface area contributed by atoms with E-state index in [1.54, 1.807) is 0 Å². The molecule has 1 rings (SSSR count). The van der Waals surface area contributed by atoms with Gasteiger partial charge in [0.15, 0.2) is 0 Å². The van der Waals surface area contributed by atoms with E-state index in [2.05, 4.69) is 0 Å². The zero-order chi connectivity index (χ0) is 13.5. The Morgan fingerprint density at radius 1 is 1.50 bits per heavy atom. The lowest BCUT2D eigenvalue weighted by Gasteiger charge is -2.04. The second-order valence-electron chi connectivity index (χ2n) is 3.37. The van der Waals surface area contributed by atoms with Crippen LogP contribution in [0.15, 0.2) is 18.2 Å². The number of ether oxygens (including phenoxy) is 1. The summed E-state index contributed by atoms with van der Waals surface area (Å²) in [7, 11) is 0. The van der Waals surface area contributed by atoms with Crippen LogP contribution in [0.1, 0.15) is 23.2 Å². The fraction of sp³-hybridized carbons (Fsp3) is 0.273. The summed E-state index contributed by atoms with van der Waals surface area (Å²) in [6.07, 6.45) is 0.989. The minimum absolute atomic E-state index is 0.0795. The predicted molar refractivity (Wildman–Crippen MR) is 64.1 cm³/mol. The third-order valence-corrected chi connectivity index (χ3v) is 2.32. The molecule has 0 bridgehead atoms. The number of carbonyl (C=O) groups is 2. The molecule has 6 nitrogen and oxygen atoms in total. The summed E-state index contributed by atoms with van der Waals surface area (Å²) in [5.41, 5.74) is -0.277. The van der Waals surface area contributed by atoms with Crippen molar-refractivity contribution in [2.24, 2.45) is 0 Å². The highest BCUT2D eigenvalue weighted by Gasteiger charge is 2.18. The zero-order valence-electron chi connectivity index (χ0n) is 9.30. The summed E-state index contributed by atoms with van der Waals surface area (Å²) in [5.74, 6) is -0.468. The number of nitro groups is 1. The largest absolute Gasteiger partial charge is 0.419 e. The van der Waals surface area contributed by atoms with Crippen molar-refractivity contribution in [1.82, 2.24) is 0 Å². The number of nitro benzene ring substituents is 1. The predicted octanol–water partition coefficient (Wildman–Crippen LogP) is 2.33. The SMILES string of the molecule is O=Cc1ccc(OC(=O)CCCCl)c([N+](=O)[O-])c1. The molecule has 0 unspecified atom stereocenters. The van der Waals surface area contributed by atoms with E-state index in [0.717, 1.165) is 6.07 Å². The summed E-state index contributed by atoms with van der Waals surface area (Å²) in [6, 6.07) is 3.61. The Morgan fingerprint density at radius 2 is 2.22 bits per heavy atom. The number of aldehydes is 1. The molecule has 0 amide bonds. The van der Waals surface area contributed by atoms with Crippen LogP contribution < -0.4 is 4.74 Å². The Hall–Kier alpha value is -1.95. The van der Waals surface area contributed by atoms with Crippen LogP contribution in [-0.2, 0) is 4.79 Å². The highest BCUT2D eigenvalue weighted by molar-refractivity contribution is 6.17. The van der Waals surface area contributed by atoms with Crippen molar-refractivity contribution in [2.45, 2.75) is 12.8 Å². The van der Waals surface area contributed by atoms with Crippen molar-refractivity contribution >= 4 is 29.5 Å². The molecule has 0 atom stereocenters. The fourth-order valence-corrected chi connectivity index (χ4v) is 1.36. The Labute approximate surface area is 108 Å². The molecule has 1 aromatic rings. The second-order valence-corrected chi connectivity index (χ2v) is 3.75. The Morgan fingerprint density at radius 3 is 2.78 bits per heavy atom. The summed E-state index contributed by atoms with van der Waals surface area (Å²) in [4.78, 5) is 31.9. The van der Waals surface area contributed by atoms with Crippen LogP contribution in [-0.4, -0.2) is 23.1 Å². The Balaban J connectivity index is 2.91. The van der Waals surface area contributed by atoms with Crippen LogP contribution in [0.4, 0.5) is 5.69 Å². The van der Waals surface area contributed by atoms with Crippen molar-refractivity contribution in [2.75, 3.05) is 5.88 Å². The molecule has 1 aromatic carbocycles. The highest BCUT2D eigenvalue weighted by atomic mass is 35.5. The Bertz CT molecular complexity index is 475. The van der Waals surface area contributed by atoms with Crippen LogP contribution in [0, 0.1) is 10.1 Å². The van der Waals surface area contributed by atoms with E-state index in [4.69, 9.17) is 16.3 Å². The lowest BCUT2D eigenvalue weighted by atomic mass is 10.2. The van der Waals surface area contributed by atoms with Gasteiger partial charge in [0, 0.05) is 23.9 Å². The number of alkyl halides is 1. The average molecular weight is 272 g/mol.